The molecule has 0 saturated heterocycles. The molecule has 8 aromatic carbocycles. The van der Waals surface area contributed by atoms with Crippen molar-refractivity contribution in [3.05, 3.63) is 133 Å². The molecule has 198 valence electrons. The second kappa shape index (κ2) is 8.37. The zero-order valence-electron chi connectivity index (χ0n) is 23.0. The Hall–Kier alpha value is -5.80. The fourth-order valence-corrected chi connectivity index (χ4v) is 7.05. The molecule has 43 heavy (non-hydrogen) atoms. The zero-order chi connectivity index (χ0) is 28.1. The first kappa shape index (κ1) is 22.8. The summed E-state index contributed by atoms with van der Waals surface area (Å²) in [5.41, 5.74) is 9.50. The van der Waals surface area contributed by atoms with Crippen molar-refractivity contribution in [2.75, 3.05) is 0 Å². The highest BCUT2D eigenvalue weighted by Gasteiger charge is 2.25. The van der Waals surface area contributed by atoms with Gasteiger partial charge < -0.3 is 4.42 Å². The normalized spacial score (nSPS) is 12.2. The van der Waals surface area contributed by atoms with Crippen LogP contribution in [-0.4, -0.2) is 9.97 Å². The summed E-state index contributed by atoms with van der Waals surface area (Å²) in [5, 5.41) is 9.81. The summed E-state index contributed by atoms with van der Waals surface area (Å²) in [4.78, 5) is 10.5. The van der Waals surface area contributed by atoms with E-state index in [1.54, 1.807) is 0 Å². The van der Waals surface area contributed by atoms with Crippen LogP contribution in [0.25, 0.3) is 98.9 Å². The van der Waals surface area contributed by atoms with Crippen LogP contribution in [0.15, 0.2) is 138 Å². The Morgan fingerprint density at radius 2 is 1.07 bits per heavy atom. The average molecular weight is 547 g/mol. The van der Waals surface area contributed by atoms with Crippen LogP contribution in [0.2, 0.25) is 0 Å². The van der Waals surface area contributed by atoms with Crippen molar-refractivity contribution >= 4 is 65.3 Å². The summed E-state index contributed by atoms with van der Waals surface area (Å²) in [5.74, 6) is 0. The predicted octanol–water partition coefficient (Wildman–Crippen LogP) is 10.9. The van der Waals surface area contributed by atoms with Crippen molar-refractivity contribution < 1.29 is 4.42 Å². The number of nitrogens with zero attached hydrogens (tertiary/aromatic N) is 2. The maximum atomic E-state index is 6.78. The van der Waals surface area contributed by atoms with Gasteiger partial charge in [0.2, 0.25) is 0 Å². The summed E-state index contributed by atoms with van der Waals surface area (Å²) < 4.78 is 6.78. The van der Waals surface area contributed by atoms with Crippen molar-refractivity contribution in [1.82, 2.24) is 9.97 Å². The maximum Gasteiger partial charge on any atom is 0.145 e. The van der Waals surface area contributed by atoms with E-state index in [4.69, 9.17) is 14.4 Å². The number of rotatable bonds is 3. The Kier molecular flexibility index (Phi) is 4.45. The van der Waals surface area contributed by atoms with Crippen molar-refractivity contribution in [3.63, 3.8) is 0 Å². The summed E-state index contributed by atoms with van der Waals surface area (Å²) in [6, 6.07) is 46.9. The van der Waals surface area contributed by atoms with Gasteiger partial charge in [-0.3, -0.25) is 0 Å². The van der Waals surface area contributed by atoms with Crippen LogP contribution < -0.4 is 0 Å². The molecule has 0 aliphatic carbocycles. The first-order valence-corrected chi connectivity index (χ1v) is 14.6. The molecule has 0 aliphatic rings. The van der Waals surface area contributed by atoms with Gasteiger partial charge in [-0.2, -0.15) is 0 Å². The lowest BCUT2D eigenvalue weighted by Crippen LogP contribution is -1.96. The summed E-state index contributed by atoms with van der Waals surface area (Å²) in [7, 11) is 0. The van der Waals surface area contributed by atoms with E-state index >= 15 is 0 Å². The van der Waals surface area contributed by atoms with Gasteiger partial charge in [-0.1, -0.05) is 109 Å². The molecule has 2 heterocycles. The molecule has 10 rings (SSSR count). The molecule has 0 N–H and O–H groups in total. The number of fused-ring (bicyclic) bond motifs is 2. The Bertz CT molecular complexity index is 2650. The number of hydrogen-bond donors (Lipinski definition) is 0. The minimum Gasteiger partial charge on any atom is -0.455 e. The predicted molar refractivity (Wildman–Crippen MR) is 178 cm³/mol. The standard InChI is InChI=1S/C40H22N2O/c1-2-8-23(9-3-1)24-16-19-26(20-17-24)38-39(42-32-14-5-4-13-31(32)41-38)30-22-27-21-18-25-10-6-11-28-29-12-7-15-33-36(29)37(40(30)43-33)35(27)34(25)28/h1-22H. The van der Waals surface area contributed by atoms with Crippen LogP contribution in [-0.2, 0) is 0 Å². The Labute approximate surface area is 246 Å². The Balaban J connectivity index is 1.31. The van der Waals surface area contributed by atoms with Crippen molar-refractivity contribution in [2.45, 2.75) is 0 Å². The van der Waals surface area contributed by atoms with Gasteiger partial charge in [0.25, 0.3) is 0 Å². The highest BCUT2D eigenvalue weighted by molar-refractivity contribution is 6.40. The van der Waals surface area contributed by atoms with E-state index in [0.717, 1.165) is 44.7 Å². The summed E-state index contributed by atoms with van der Waals surface area (Å²) >= 11 is 0. The van der Waals surface area contributed by atoms with Crippen LogP contribution in [0.4, 0.5) is 0 Å². The third-order valence-corrected chi connectivity index (χ3v) is 8.97. The second-order valence-electron chi connectivity index (χ2n) is 11.3. The first-order chi connectivity index (χ1) is 21.3. The topological polar surface area (TPSA) is 38.9 Å². The monoisotopic (exact) mass is 546 g/mol. The molecule has 0 fully saturated rings. The van der Waals surface area contributed by atoms with Gasteiger partial charge in [0.1, 0.15) is 16.9 Å². The molecular weight excluding hydrogens is 524 g/mol. The minimum absolute atomic E-state index is 0.827. The molecule has 0 amide bonds. The zero-order valence-corrected chi connectivity index (χ0v) is 23.0. The van der Waals surface area contributed by atoms with Gasteiger partial charge >= 0.3 is 0 Å². The quantitative estimate of drug-likeness (QED) is 0.163. The largest absolute Gasteiger partial charge is 0.455 e. The molecule has 0 saturated carbocycles. The molecule has 10 aromatic rings. The smallest absolute Gasteiger partial charge is 0.145 e. The van der Waals surface area contributed by atoms with Crippen LogP contribution >= 0.6 is 0 Å². The highest BCUT2D eigenvalue weighted by Crippen LogP contribution is 2.49. The van der Waals surface area contributed by atoms with E-state index in [0.29, 0.717) is 0 Å². The van der Waals surface area contributed by atoms with E-state index in [2.05, 4.69) is 103 Å². The molecule has 0 unspecified atom stereocenters. The SMILES string of the molecule is c1ccc(-c2ccc(-c3nc4ccccc4nc3-c3cc4ccc5cccc6c7cccc8oc3c(c87)c4c56)cc2)cc1. The average Bonchev–Trinajstić information content (AvgIpc) is 3.47. The van der Waals surface area contributed by atoms with Gasteiger partial charge in [0.15, 0.2) is 0 Å². The van der Waals surface area contributed by atoms with E-state index < -0.39 is 0 Å². The third-order valence-electron chi connectivity index (χ3n) is 8.97. The minimum atomic E-state index is 0.827. The van der Waals surface area contributed by atoms with Gasteiger partial charge in [-0.25, -0.2) is 9.97 Å². The molecule has 2 aromatic heterocycles. The summed E-state index contributed by atoms with van der Waals surface area (Å²) in [6.45, 7) is 0. The molecular formula is C40H22N2O. The van der Waals surface area contributed by atoms with E-state index in [1.807, 2.05) is 30.3 Å². The second-order valence-corrected chi connectivity index (χ2v) is 11.3. The van der Waals surface area contributed by atoms with E-state index in [9.17, 15) is 0 Å². The molecule has 3 nitrogen and oxygen atoms in total. The molecule has 0 aliphatic heterocycles. The van der Waals surface area contributed by atoms with Gasteiger partial charge in [-0.05, 0) is 62.3 Å². The lowest BCUT2D eigenvalue weighted by Gasteiger charge is -2.16. The number of furan rings is 1. The molecule has 0 spiro atoms. The Morgan fingerprint density at radius 1 is 0.419 bits per heavy atom. The summed E-state index contributed by atoms with van der Waals surface area (Å²) in [6.07, 6.45) is 0. The lowest BCUT2D eigenvalue weighted by atomic mass is 9.87. The molecule has 0 atom stereocenters. The van der Waals surface area contributed by atoms with Crippen LogP contribution in [0.1, 0.15) is 0 Å². The van der Waals surface area contributed by atoms with Gasteiger partial charge in [-0.15, -0.1) is 0 Å². The molecule has 0 bridgehead atoms. The van der Waals surface area contributed by atoms with Crippen LogP contribution in [0.5, 0.6) is 0 Å². The maximum absolute atomic E-state index is 6.78. The fraction of sp³-hybridized carbons (Fsp3) is 0. The third kappa shape index (κ3) is 3.14. The number of para-hydroxylation sites is 2. The van der Waals surface area contributed by atoms with Crippen molar-refractivity contribution in [3.8, 4) is 33.6 Å². The van der Waals surface area contributed by atoms with Crippen LogP contribution in [0, 0.1) is 0 Å². The van der Waals surface area contributed by atoms with E-state index in [-0.39, 0.29) is 0 Å². The van der Waals surface area contributed by atoms with E-state index in [1.165, 1.54) is 54.2 Å². The fourth-order valence-electron chi connectivity index (χ4n) is 7.05. The molecule has 0 radical (unpaired) electrons. The number of aromatic nitrogens is 2. The number of benzene rings is 8. The van der Waals surface area contributed by atoms with Crippen LogP contribution in [0.3, 0.4) is 0 Å². The van der Waals surface area contributed by atoms with Gasteiger partial charge in [0, 0.05) is 27.3 Å². The highest BCUT2D eigenvalue weighted by atomic mass is 16.3. The Morgan fingerprint density at radius 3 is 1.88 bits per heavy atom. The van der Waals surface area contributed by atoms with Gasteiger partial charge in [0.05, 0.1) is 16.7 Å². The number of hydrogen-bond acceptors (Lipinski definition) is 3. The van der Waals surface area contributed by atoms with Crippen molar-refractivity contribution in [1.29, 1.82) is 0 Å². The van der Waals surface area contributed by atoms with Crippen molar-refractivity contribution in [2.24, 2.45) is 0 Å². The molecule has 3 heteroatoms. The lowest BCUT2D eigenvalue weighted by molar-refractivity contribution is 0.670. The first-order valence-electron chi connectivity index (χ1n) is 14.6.